The van der Waals surface area contributed by atoms with Gasteiger partial charge in [-0.05, 0) is 24.6 Å². The third-order valence-electron chi connectivity index (χ3n) is 2.24. The van der Waals surface area contributed by atoms with E-state index in [4.69, 9.17) is 5.26 Å². The Morgan fingerprint density at radius 1 is 1.46 bits per heavy atom. The fraction of sp³-hybridized carbons (Fsp3) is 0.182. The minimum Gasteiger partial charge on any atom is -0.320 e. The van der Waals surface area contributed by atoms with Gasteiger partial charge < -0.3 is 4.40 Å². The van der Waals surface area contributed by atoms with Crippen molar-refractivity contribution in [1.29, 1.82) is 5.26 Å². The van der Waals surface area contributed by atoms with E-state index in [0.29, 0.717) is 0 Å². The van der Waals surface area contributed by atoms with Crippen LogP contribution in [0.4, 0.5) is 0 Å². The van der Waals surface area contributed by atoms with Gasteiger partial charge in [0.15, 0.2) is 0 Å². The molecule has 0 aliphatic rings. The van der Waals surface area contributed by atoms with E-state index in [1.165, 1.54) is 5.69 Å². The molecule has 64 valence electrons. The molecule has 0 aromatic carbocycles. The van der Waals surface area contributed by atoms with E-state index in [0.717, 1.165) is 17.5 Å². The topological polar surface area (TPSA) is 28.2 Å². The summed E-state index contributed by atoms with van der Waals surface area (Å²) in [6, 6.07) is 10.1. The highest BCUT2D eigenvalue weighted by Crippen LogP contribution is 2.16. The molecule has 2 heterocycles. The summed E-state index contributed by atoms with van der Waals surface area (Å²) < 4.78 is 2.07. The van der Waals surface area contributed by atoms with Gasteiger partial charge in [0.2, 0.25) is 0 Å². The number of fused-ring (bicyclic) bond motifs is 1. The van der Waals surface area contributed by atoms with Crippen molar-refractivity contribution in [1.82, 2.24) is 4.40 Å². The molecular weight excluding hydrogens is 160 g/mol. The van der Waals surface area contributed by atoms with E-state index in [2.05, 4.69) is 17.4 Å². The summed E-state index contributed by atoms with van der Waals surface area (Å²) in [7, 11) is 0. The van der Waals surface area contributed by atoms with Gasteiger partial charge >= 0.3 is 0 Å². The van der Waals surface area contributed by atoms with Crippen molar-refractivity contribution < 1.29 is 0 Å². The zero-order valence-corrected chi connectivity index (χ0v) is 7.49. The van der Waals surface area contributed by atoms with E-state index >= 15 is 0 Å². The van der Waals surface area contributed by atoms with Crippen LogP contribution >= 0.6 is 0 Å². The average Bonchev–Trinajstić information content (AvgIpc) is 2.56. The summed E-state index contributed by atoms with van der Waals surface area (Å²) in [4.78, 5) is 0. The fourth-order valence-corrected chi connectivity index (χ4v) is 1.59. The normalized spacial score (nSPS) is 10.2. The predicted octanol–water partition coefficient (Wildman–Crippen LogP) is 2.37. The van der Waals surface area contributed by atoms with Gasteiger partial charge in [0.25, 0.3) is 0 Å². The summed E-state index contributed by atoms with van der Waals surface area (Å²) in [6.45, 7) is 2.09. The smallest absolute Gasteiger partial charge is 0.101 e. The van der Waals surface area contributed by atoms with Crippen LogP contribution in [0.5, 0.6) is 0 Å². The maximum atomic E-state index is 8.88. The Morgan fingerprint density at radius 3 is 3.00 bits per heavy atom. The van der Waals surface area contributed by atoms with Crippen molar-refractivity contribution >= 4 is 5.52 Å². The van der Waals surface area contributed by atoms with Gasteiger partial charge in [-0.3, -0.25) is 0 Å². The summed E-state index contributed by atoms with van der Waals surface area (Å²) in [5.74, 6) is 0. The standard InChI is InChI=1S/C11H10N2/c1-2-10-7-9(8-12)11-5-3-4-6-13(10)11/h3-7H,2H2,1H3. The van der Waals surface area contributed by atoms with E-state index < -0.39 is 0 Å². The van der Waals surface area contributed by atoms with Gasteiger partial charge in [0.1, 0.15) is 6.07 Å². The van der Waals surface area contributed by atoms with Gasteiger partial charge in [-0.15, -0.1) is 0 Å². The lowest BCUT2D eigenvalue weighted by molar-refractivity contribution is 0.995. The molecule has 0 N–H and O–H groups in total. The van der Waals surface area contributed by atoms with E-state index in [9.17, 15) is 0 Å². The molecule has 0 spiro atoms. The molecular formula is C11H10N2. The van der Waals surface area contributed by atoms with Crippen molar-refractivity contribution in [2.45, 2.75) is 13.3 Å². The highest BCUT2D eigenvalue weighted by atomic mass is 14.9. The number of rotatable bonds is 1. The molecule has 0 unspecified atom stereocenters. The molecule has 13 heavy (non-hydrogen) atoms. The van der Waals surface area contributed by atoms with Crippen molar-refractivity contribution in [2.75, 3.05) is 0 Å². The molecule has 2 heteroatoms. The Morgan fingerprint density at radius 2 is 2.31 bits per heavy atom. The van der Waals surface area contributed by atoms with Crippen LogP contribution in [0.15, 0.2) is 30.5 Å². The highest BCUT2D eigenvalue weighted by molar-refractivity contribution is 5.63. The van der Waals surface area contributed by atoms with Gasteiger partial charge in [0, 0.05) is 11.9 Å². The zero-order valence-electron chi connectivity index (χ0n) is 7.49. The van der Waals surface area contributed by atoms with Gasteiger partial charge in [-0.2, -0.15) is 5.26 Å². The first-order valence-corrected chi connectivity index (χ1v) is 4.36. The molecule has 0 bridgehead atoms. The molecule has 0 saturated heterocycles. The zero-order chi connectivity index (χ0) is 9.26. The lowest BCUT2D eigenvalue weighted by Gasteiger charge is -1.97. The second-order valence-electron chi connectivity index (χ2n) is 2.97. The van der Waals surface area contributed by atoms with Gasteiger partial charge in [0.05, 0.1) is 11.1 Å². The van der Waals surface area contributed by atoms with Crippen LogP contribution in [-0.2, 0) is 6.42 Å². The predicted molar refractivity (Wildman–Crippen MR) is 51.5 cm³/mol. The maximum Gasteiger partial charge on any atom is 0.101 e. The van der Waals surface area contributed by atoms with Gasteiger partial charge in [-0.1, -0.05) is 13.0 Å². The van der Waals surface area contributed by atoms with Crippen LogP contribution in [-0.4, -0.2) is 4.40 Å². The van der Waals surface area contributed by atoms with Crippen molar-refractivity contribution in [3.63, 3.8) is 0 Å². The van der Waals surface area contributed by atoms with Crippen molar-refractivity contribution in [3.05, 3.63) is 41.7 Å². The second-order valence-corrected chi connectivity index (χ2v) is 2.97. The Bertz CT molecular complexity index is 474. The van der Waals surface area contributed by atoms with Gasteiger partial charge in [-0.25, -0.2) is 0 Å². The summed E-state index contributed by atoms with van der Waals surface area (Å²) in [5, 5.41) is 8.88. The molecule has 0 radical (unpaired) electrons. The third kappa shape index (κ3) is 1.09. The molecule has 2 nitrogen and oxygen atoms in total. The van der Waals surface area contributed by atoms with E-state index in [-0.39, 0.29) is 0 Å². The molecule has 0 amide bonds. The molecule has 0 aliphatic heterocycles. The number of hydrogen-bond donors (Lipinski definition) is 0. The molecule has 0 saturated carbocycles. The maximum absolute atomic E-state index is 8.88. The Balaban J connectivity index is 2.84. The van der Waals surface area contributed by atoms with Crippen molar-refractivity contribution in [3.8, 4) is 6.07 Å². The van der Waals surface area contributed by atoms with Crippen LogP contribution in [0.2, 0.25) is 0 Å². The van der Waals surface area contributed by atoms with Crippen molar-refractivity contribution in [2.24, 2.45) is 0 Å². The molecule has 0 atom stereocenters. The molecule has 2 aromatic heterocycles. The van der Waals surface area contributed by atoms with Crippen LogP contribution in [0.25, 0.3) is 5.52 Å². The largest absolute Gasteiger partial charge is 0.320 e. The molecule has 0 fully saturated rings. The number of nitriles is 1. The average molecular weight is 170 g/mol. The summed E-state index contributed by atoms with van der Waals surface area (Å²) in [5.41, 5.74) is 2.95. The number of nitrogens with zero attached hydrogens (tertiary/aromatic N) is 2. The SMILES string of the molecule is CCc1cc(C#N)c2ccccn12. The molecule has 2 aromatic rings. The first-order chi connectivity index (χ1) is 6.36. The Labute approximate surface area is 77.0 Å². The molecule has 0 aliphatic carbocycles. The van der Waals surface area contributed by atoms with E-state index in [1.54, 1.807) is 0 Å². The van der Waals surface area contributed by atoms with Crippen LogP contribution in [0.1, 0.15) is 18.2 Å². The first-order valence-electron chi connectivity index (χ1n) is 4.36. The van der Waals surface area contributed by atoms with Crippen LogP contribution in [0.3, 0.4) is 0 Å². The fourth-order valence-electron chi connectivity index (χ4n) is 1.59. The summed E-state index contributed by atoms with van der Waals surface area (Å²) >= 11 is 0. The number of aromatic nitrogens is 1. The Kier molecular flexibility index (Phi) is 1.79. The Hall–Kier alpha value is -1.75. The second kappa shape index (κ2) is 2.95. The highest BCUT2D eigenvalue weighted by Gasteiger charge is 2.04. The third-order valence-corrected chi connectivity index (χ3v) is 2.24. The summed E-state index contributed by atoms with van der Waals surface area (Å²) in [6.07, 6.45) is 2.95. The van der Waals surface area contributed by atoms with Crippen LogP contribution < -0.4 is 0 Å². The number of pyridine rings is 1. The quantitative estimate of drug-likeness (QED) is 0.645. The first kappa shape index (κ1) is 7.88. The minimum absolute atomic E-state index is 0.762. The minimum atomic E-state index is 0.762. The van der Waals surface area contributed by atoms with Crippen LogP contribution in [0, 0.1) is 11.3 Å². The lowest BCUT2D eigenvalue weighted by atomic mass is 10.2. The lowest BCUT2D eigenvalue weighted by Crippen LogP contribution is -1.88. The van der Waals surface area contributed by atoms with E-state index in [1.807, 2.05) is 30.5 Å². The number of aryl methyl sites for hydroxylation is 1. The monoisotopic (exact) mass is 170 g/mol. The number of hydrogen-bond acceptors (Lipinski definition) is 1. The molecule has 2 rings (SSSR count).